The molecule has 158 valence electrons. The van der Waals surface area contributed by atoms with E-state index in [0.717, 1.165) is 31.6 Å². The molecule has 29 heavy (non-hydrogen) atoms. The first kappa shape index (κ1) is 19.5. The predicted octanol–water partition coefficient (Wildman–Crippen LogP) is 6.13. The van der Waals surface area contributed by atoms with Gasteiger partial charge in [-0.25, -0.2) is 0 Å². The molecular formula is C26H36O3. The Hall–Kier alpha value is -1.51. The van der Waals surface area contributed by atoms with E-state index in [-0.39, 0.29) is 17.5 Å². The van der Waals surface area contributed by atoms with E-state index < -0.39 is 0 Å². The number of carbonyl (C=O) groups is 1. The largest absolute Gasteiger partial charge is 0.508 e. The van der Waals surface area contributed by atoms with Crippen LogP contribution in [0.3, 0.4) is 0 Å². The normalized spacial score (nSPS) is 36.3. The van der Waals surface area contributed by atoms with Gasteiger partial charge < -0.3 is 9.84 Å². The van der Waals surface area contributed by atoms with E-state index in [4.69, 9.17) is 4.74 Å². The van der Waals surface area contributed by atoms with Gasteiger partial charge in [0.2, 0.25) is 0 Å². The van der Waals surface area contributed by atoms with Crippen molar-refractivity contribution in [2.75, 3.05) is 0 Å². The number of phenols is 1. The fourth-order valence-corrected chi connectivity index (χ4v) is 7.55. The summed E-state index contributed by atoms with van der Waals surface area (Å²) in [6, 6.07) is 6.00. The number of hydrogen-bond acceptors (Lipinski definition) is 3. The number of hydrogen-bond donors (Lipinski definition) is 1. The predicted molar refractivity (Wildman–Crippen MR) is 114 cm³/mol. The fourth-order valence-electron chi connectivity index (χ4n) is 7.55. The first-order valence-electron chi connectivity index (χ1n) is 12.1. The van der Waals surface area contributed by atoms with Crippen LogP contribution in [0.4, 0.5) is 0 Å². The van der Waals surface area contributed by atoms with E-state index >= 15 is 0 Å². The van der Waals surface area contributed by atoms with Gasteiger partial charge in [-0.05, 0) is 91.9 Å². The first-order chi connectivity index (χ1) is 14.0. The zero-order valence-corrected chi connectivity index (χ0v) is 17.9. The lowest BCUT2D eigenvalue weighted by Crippen LogP contribution is -2.45. The van der Waals surface area contributed by atoms with Crippen LogP contribution in [0, 0.1) is 23.2 Å². The summed E-state index contributed by atoms with van der Waals surface area (Å²) in [6.07, 6.45) is 13.9. The molecule has 4 aliphatic carbocycles. The van der Waals surface area contributed by atoms with Gasteiger partial charge in [0.05, 0.1) is 0 Å². The third-order valence-corrected chi connectivity index (χ3v) is 9.13. The number of aromatic hydroxyl groups is 1. The van der Waals surface area contributed by atoms with Crippen LogP contribution in [0.1, 0.15) is 94.6 Å². The lowest BCUT2D eigenvalue weighted by molar-refractivity contribution is -0.157. The minimum atomic E-state index is 0.0513. The van der Waals surface area contributed by atoms with E-state index in [1.807, 2.05) is 12.1 Å². The van der Waals surface area contributed by atoms with Crippen molar-refractivity contribution in [3.05, 3.63) is 29.3 Å². The Morgan fingerprint density at radius 2 is 1.97 bits per heavy atom. The molecule has 3 fully saturated rings. The summed E-state index contributed by atoms with van der Waals surface area (Å²) < 4.78 is 6.14. The second-order valence-corrected chi connectivity index (χ2v) is 10.6. The van der Waals surface area contributed by atoms with E-state index in [1.54, 1.807) is 0 Å². The summed E-state index contributed by atoms with van der Waals surface area (Å²) in [5.74, 6) is 3.19. The Kier molecular flexibility index (Phi) is 5.12. The zero-order chi connectivity index (χ0) is 20.0. The van der Waals surface area contributed by atoms with Gasteiger partial charge in [0.25, 0.3) is 0 Å². The maximum atomic E-state index is 12.6. The first-order valence-corrected chi connectivity index (χ1v) is 12.1. The average molecular weight is 397 g/mol. The van der Waals surface area contributed by atoms with Gasteiger partial charge in [-0.3, -0.25) is 4.79 Å². The minimum Gasteiger partial charge on any atom is -0.508 e. The maximum absolute atomic E-state index is 12.6. The number of aryl methyl sites for hydroxylation is 1. The molecule has 0 saturated heterocycles. The molecule has 5 rings (SSSR count). The van der Waals surface area contributed by atoms with Gasteiger partial charge >= 0.3 is 5.97 Å². The molecule has 4 aliphatic rings. The summed E-state index contributed by atoms with van der Waals surface area (Å²) in [4.78, 5) is 12.6. The third kappa shape index (κ3) is 3.49. The van der Waals surface area contributed by atoms with Crippen molar-refractivity contribution < 1.29 is 14.6 Å². The Morgan fingerprint density at radius 1 is 1.14 bits per heavy atom. The lowest BCUT2D eigenvalue weighted by Gasteiger charge is -2.50. The molecule has 3 heteroatoms. The monoisotopic (exact) mass is 396 g/mol. The molecule has 0 bridgehead atoms. The number of benzene rings is 1. The molecular weight excluding hydrogens is 360 g/mol. The van der Waals surface area contributed by atoms with Gasteiger partial charge in [-0.2, -0.15) is 0 Å². The molecule has 5 atom stereocenters. The molecule has 0 unspecified atom stereocenters. The highest BCUT2D eigenvalue weighted by atomic mass is 16.5. The molecule has 0 amide bonds. The van der Waals surface area contributed by atoms with Crippen LogP contribution in [-0.4, -0.2) is 17.2 Å². The lowest BCUT2D eigenvalue weighted by atomic mass is 9.55. The van der Waals surface area contributed by atoms with E-state index in [1.165, 1.54) is 56.1 Å². The summed E-state index contributed by atoms with van der Waals surface area (Å²) in [5.41, 5.74) is 2.97. The Morgan fingerprint density at radius 3 is 2.79 bits per heavy atom. The maximum Gasteiger partial charge on any atom is 0.306 e. The van der Waals surface area contributed by atoms with Crippen LogP contribution < -0.4 is 0 Å². The highest BCUT2D eigenvalue weighted by Gasteiger charge is 2.56. The standard InChI is InChI=1S/C26H36O3/c1-26-15-14-21-20-10-8-19(27)16-18(20)7-9-22(21)23(26)11-12-24(26)29-25(28)13-6-17-4-2-3-5-17/h8,10,16-17,21-24,27H,2-7,9,11-15H2,1H3/t21-,22-,23+,24+,26+/m0/s1. The molecule has 1 aromatic carbocycles. The van der Waals surface area contributed by atoms with Crippen molar-refractivity contribution in [2.45, 2.75) is 96.0 Å². The van der Waals surface area contributed by atoms with E-state index in [9.17, 15) is 9.90 Å². The average Bonchev–Trinajstić information content (AvgIpc) is 3.34. The number of ether oxygens (including phenoxy) is 1. The van der Waals surface area contributed by atoms with Crippen molar-refractivity contribution >= 4 is 5.97 Å². The van der Waals surface area contributed by atoms with Gasteiger partial charge in [0.1, 0.15) is 11.9 Å². The van der Waals surface area contributed by atoms with Gasteiger partial charge in [0, 0.05) is 11.8 Å². The van der Waals surface area contributed by atoms with Crippen molar-refractivity contribution in [2.24, 2.45) is 23.2 Å². The molecule has 3 saturated carbocycles. The SMILES string of the molecule is C[C@@]12CC[C@H]3c4ccc(O)cc4CC[C@@H]3[C@H]1CC[C@H]2OC(=O)CCC1CCCC1. The Balaban J connectivity index is 1.25. The summed E-state index contributed by atoms with van der Waals surface area (Å²) in [7, 11) is 0. The second kappa shape index (κ2) is 7.63. The zero-order valence-electron chi connectivity index (χ0n) is 17.9. The summed E-state index contributed by atoms with van der Waals surface area (Å²) >= 11 is 0. The molecule has 0 spiro atoms. The van der Waals surface area contributed by atoms with Crippen LogP contribution >= 0.6 is 0 Å². The Labute approximate surface area is 175 Å². The molecule has 1 N–H and O–H groups in total. The third-order valence-electron chi connectivity index (χ3n) is 9.13. The number of fused-ring (bicyclic) bond motifs is 5. The van der Waals surface area contributed by atoms with Crippen LogP contribution in [-0.2, 0) is 16.0 Å². The van der Waals surface area contributed by atoms with Crippen molar-refractivity contribution in [1.82, 2.24) is 0 Å². The Bertz CT molecular complexity index is 765. The highest BCUT2D eigenvalue weighted by molar-refractivity contribution is 5.69. The van der Waals surface area contributed by atoms with Crippen molar-refractivity contribution in [3.63, 3.8) is 0 Å². The molecule has 0 aromatic heterocycles. The van der Waals surface area contributed by atoms with Crippen molar-refractivity contribution in [1.29, 1.82) is 0 Å². The van der Waals surface area contributed by atoms with Crippen LogP contribution in [0.15, 0.2) is 18.2 Å². The number of phenolic OH excluding ortho intramolecular Hbond substituents is 1. The van der Waals surface area contributed by atoms with E-state index in [0.29, 0.717) is 29.9 Å². The smallest absolute Gasteiger partial charge is 0.306 e. The number of esters is 1. The molecule has 0 heterocycles. The van der Waals surface area contributed by atoms with Crippen molar-refractivity contribution in [3.8, 4) is 5.75 Å². The van der Waals surface area contributed by atoms with Gasteiger partial charge in [-0.1, -0.05) is 38.7 Å². The highest BCUT2D eigenvalue weighted by Crippen LogP contribution is 2.61. The van der Waals surface area contributed by atoms with Gasteiger partial charge in [0.15, 0.2) is 0 Å². The van der Waals surface area contributed by atoms with E-state index in [2.05, 4.69) is 13.0 Å². The van der Waals surface area contributed by atoms with Crippen LogP contribution in [0.5, 0.6) is 5.75 Å². The fraction of sp³-hybridized carbons (Fsp3) is 0.731. The topological polar surface area (TPSA) is 46.5 Å². The summed E-state index contributed by atoms with van der Waals surface area (Å²) in [6.45, 7) is 2.40. The van der Waals surface area contributed by atoms with Gasteiger partial charge in [-0.15, -0.1) is 0 Å². The molecule has 0 radical (unpaired) electrons. The number of carbonyl (C=O) groups excluding carboxylic acids is 1. The molecule has 0 aliphatic heterocycles. The minimum absolute atomic E-state index is 0.0513. The van der Waals surface area contributed by atoms with Crippen LogP contribution in [0.2, 0.25) is 0 Å². The quantitative estimate of drug-likeness (QED) is 0.623. The second-order valence-electron chi connectivity index (χ2n) is 10.6. The molecule has 1 aromatic rings. The van der Waals surface area contributed by atoms with Crippen LogP contribution in [0.25, 0.3) is 0 Å². The number of rotatable bonds is 4. The molecule has 3 nitrogen and oxygen atoms in total. The summed E-state index contributed by atoms with van der Waals surface area (Å²) in [5, 5.41) is 9.86.